The molecular weight excluding hydrogens is 327 g/mol. The minimum atomic E-state index is -4.53. The van der Waals surface area contributed by atoms with E-state index in [4.69, 9.17) is 0 Å². The summed E-state index contributed by atoms with van der Waals surface area (Å²) in [5.41, 5.74) is 0. The Morgan fingerprint density at radius 2 is 2.14 bits per heavy atom. The van der Waals surface area contributed by atoms with Crippen molar-refractivity contribution in [2.45, 2.75) is 30.1 Å². The van der Waals surface area contributed by atoms with Crippen LogP contribution < -0.4 is 4.72 Å². The maximum atomic E-state index is 12.4. The van der Waals surface area contributed by atoms with Gasteiger partial charge in [-0.3, -0.25) is 4.79 Å². The normalized spacial score (nSPS) is 20.5. The van der Waals surface area contributed by atoms with E-state index in [1.807, 2.05) is 0 Å². The molecule has 0 aromatic carbocycles. The summed E-state index contributed by atoms with van der Waals surface area (Å²) in [6.07, 6.45) is -3.12. The number of carbonyl (C=O) groups excluding carboxylic acids is 1. The van der Waals surface area contributed by atoms with Crippen molar-refractivity contribution in [3.8, 4) is 0 Å². The molecule has 1 atom stereocenters. The van der Waals surface area contributed by atoms with Crippen LogP contribution in [0.2, 0.25) is 0 Å². The number of nitrogens with zero attached hydrogens (tertiary/aromatic N) is 4. The molecule has 2 heterocycles. The van der Waals surface area contributed by atoms with Crippen LogP contribution in [0.25, 0.3) is 0 Å². The Kier molecular flexibility index (Phi) is 4.42. The molecule has 1 amide bonds. The number of piperidine rings is 1. The highest BCUT2D eigenvalue weighted by molar-refractivity contribution is 7.89. The zero-order valence-electron chi connectivity index (χ0n) is 11.5. The largest absolute Gasteiger partial charge is 0.406 e. The molecule has 0 aliphatic carbocycles. The lowest BCUT2D eigenvalue weighted by Gasteiger charge is -2.32. The van der Waals surface area contributed by atoms with Crippen molar-refractivity contribution in [1.29, 1.82) is 0 Å². The van der Waals surface area contributed by atoms with Crippen LogP contribution in [0.3, 0.4) is 0 Å². The van der Waals surface area contributed by atoms with E-state index in [1.165, 1.54) is 7.05 Å². The second-order valence-electron chi connectivity index (χ2n) is 4.89. The molecule has 2 rings (SSSR count). The minimum absolute atomic E-state index is 0.0517. The van der Waals surface area contributed by atoms with Crippen LogP contribution in [0.5, 0.6) is 0 Å². The maximum absolute atomic E-state index is 12.4. The molecule has 1 aliphatic heterocycles. The first kappa shape index (κ1) is 16.7. The molecule has 0 radical (unpaired) electrons. The SMILES string of the molecule is Cn1nncc1S(=O)(=O)NC1CCCN(CC(F)(F)F)C1=O. The molecule has 1 fully saturated rings. The number of aryl methyl sites for hydroxylation is 1. The quantitative estimate of drug-likeness (QED) is 0.807. The minimum Gasteiger partial charge on any atom is -0.332 e. The molecule has 12 heteroatoms. The summed E-state index contributed by atoms with van der Waals surface area (Å²) in [7, 11) is -2.74. The van der Waals surface area contributed by atoms with E-state index in [2.05, 4.69) is 15.0 Å². The van der Waals surface area contributed by atoms with Gasteiger partial charge < -0.3 is 4.90 Å². The standard InChI is InChI=1S/C10H14F3N5O3S/c1-17-8(5-14-16-17)22(20,21)15-7-3-2-4-18(9(7)19)6-10(11,12)13/h5,7,15H,2-4,6H2,1H3. The van der Waals surface area contributed by atoms with Crippen molar-refractivity contribution in [1.82, 2.24) is 24.6 Å². The molecule has 1 saturated heterocycles. The van der Waals surface area contributed by atoms with Crippen LogP contribution in [0.4, 0.5) is 13.2 Å². The molecule has 0 spiro atoms. The number of aromatic nitrogens is 3. The van der Waals surface area contributed by atoms with E-state index in [0.717, 1.165) is 10.9 Å². The van der Waals surface area contributed by atoms with Gasteiger partial charge in [0.15, 0.2) is 5.03 Å². The van der Waals surface area contributed by atoms with Crippen LogP contribution in [-0.4, -0.2) is 59.5 Å². The third kappa shape index (κ3) is 3.74. The molecule has 1 unspecified atom stereocenters. The number of hydrogen-bond acceptors (Lipinski definition) is 5. The predicted octanol–water partition coefficient (Wildman–Crippen LogP) is -0.353. The Bertz CT molecular complexity index is 657. The molecule has 124 valence electrons. The fourth-order valence-electron chi connectivity index (χ4n) is 2.19. The molecule has 0 bridgehead atoms. The first-order valence-corrected chi connectivity index (χ1v) is 7.81. The van der Waals surface area contributed by atoms with Crippen molar-refractivity contribution in [3.63, 3.8) is 0 Å². The number of nitrogens with one attached hydrogen (secondary N) is 1. The zero-order valence-corrected chi connectivity index (χ0v) is 12.4. The van der Waals surface area contributed by atoms with Gasteiger partial charge in [-0.25, -0.2) is 13.1 Å². The van der Waals surface area contributed by atoms with Crippen molar-refractivity contribution in [3.05, 3.63) is 6.20 Å². The lowest BCUT2D eigenvalue weighted by atomic mass is 10.1. The molecular formula is C10H14F3N5O3S. The van der Waals surface area contributed by atoms with Gasteiger partial charge in [0.05, 0.1) is 6.20 Å². The molecule has 0 saturated carbocycles. The number of likely N-dealkylation sites (tertiary alicyclic amines) is 1. The van der Waals surface area contributed by atoms with Crippen LogP contribution in [0.15, 0.2) is 11.2 Å². The third-order valence-corrected chi connectivity index (χ3v) is 4.66. The van der Waals surface area contributed by atoms with E-state index < -0.39 is 34.7 Å². The summed E-state index contributed by atoms with van der Waals surface area (Å²) in [5.74, 6) is -0.887. The summed E-state index contributed by atoms with van der Waals surface area (Å²) < 4.78 is 64.5. The van der Waals surface area contributed by atoms with E-state index >= 15 is 0 Å². The van der Waals surface area contributed by atoms with Gasteiger partial charge in [-0.05, 0) is 12.8 Å². The first-order valence-electron chi connectivity index (χ1n) is 6.33. The summed E-state index contributed by atoms with van der Waals surface area (Å²) in [6.45, 7) is -1.44. The molecule has 1 aliphatic rings. The summed E-state index contributed by atoms with van der Waals surface area (Å²) in [6, 6.07) is -1.23. The Morgan fingerprint density at radius 1 is 1.45 bits per heavy atom. The van der Waals surface area contributed by atoms with E-state index in [1.54, 1.807) is 0 Å². The Labute approximate surface area is 124 Å². The number of sulfonamides is 1. The highest BCUT2D eigenvalue weighted by Gasteiger charge is 2.39. The molecule has 1 N–H and O–H groups in total. The lowest BCUT2D eigenvalue weighted by Crippen LogP contribution is -2.54. The number of halogens is 3. The second-order valence-corrected chi connectivity index (χ2v) is 6.55. The number of amides is 1. The molecule has 1 aromatic heterocycles. The summed E-state index contributed by atoms with van der Waals surface area (Å²) >= 11 is 0. The van der Waals surface area contributed by atoms with Crippen LogP contribution in [0.1, 0.15) is 12.8 Å². The van der Waals surface area contributed by atoms with Crippen molar-refractivity contribution in [2.24, 2.45) is 7.05 Å². The highest BCUT2D eigenvalue weighted by Crippen LogP contribution is 2.21. The van der Waals surface area contributed by atoms with Gasteiger partial charge in [0.25, 0.3) is 10.0 Å². The summed E-state index contributed by atoms with van der Waals surface area (Å²) in [4.78, 5) is 12.6. The molecule has 1 aromatic rings. The molecule has 22 heavy (non-hydrogen) atoms. The Morgan fingerprint density at radius 3 is 2.68 bits per heavy atom. The Balaban J connectivity index is 2.12. The van der Waals surface area contributed by atoms with Gasteiger partial charge in [-0.15, -0.1) is 5.10 Å². The van der Waals surface area contributed by atoms with E-state index in [0.29, 0.717) is 4.90 Å². The number of hydrogen-bond donors (Lipinski definition) is 1. The van der Waals surface area contributed by atoms with Gasteiger partial charge in [0.1, 0.15) is 12.6 Å². The zero-order chi connectivity index (χ0) is 16.5. The van der Waals surface area contributed by atoms with Crippen LogP contribution in [-0.2, 0) is 21.9 Å². The van der Waals surface area contributed by atoms with Gasteiger partial charge >= 0.3 is 6.18 Å². The lowest BCUT2D eigenvalue weighted by molar-refractivity contribution is -0.164. The fraction of sp³-hybridized carbons (Fsp3) is 0.700. The third-order valence-electron chi connectivity index (χ3n) is 3.15. The summed E-state index contributed by atoms with van der Waals surface area (Å²) in [5, 5.41) is 6.60. The van der Waals surface area contributed by atoms with Crippen LogP contribution in [0, 0.1) is 0 Å². The van der Waals surface area contributed by atoms with Crippen molar-refractivity contribution >= 4 is 15.9 Å². The number of carbonyl (C=O) groups is 1. The fourth-order valence-corrected chi connectivity index (χ4v) is 3.48. The number of alkyl halides is 3. The average Bonchev–Trinajstić information content (AvgIpc) is 2.79. The highest BCUT2D eigenvalue weighted by atomic mass is 32.2. The van der Waals surface area contributed by atoms with Crippen molar-refractivity contribution in [2.75, 3.05) is 13.1 Å². The van der Waals surface area contributed by atoms with Gasteiger partial charge in [0.2, 0.25) is 5.91 Å². The average molecular weight is 341 g/mol. The topological polar surface area (TPSA) is 97.2 Å². The monoisotopic (exact) mass is 341 g/mol. The molecule has 8 nitrogen and oxygen atoms in total. The Hall–Kier alpha value is -1.69. The van der Waals surface area contributed by atoms with Gasteiger partial charge in [0, 0.05) is 13.6 Å². The van der Waals surface area contributed by atoms with E-state index in [-0.39, 0.29) is 24.4 Å². The second kappa shape index (κ2) is 5.83. The predicted molar refractivity (Wildman–Crippen MR) is 67.0 cm³/mol. The van der Waals surface area contributed by atoms with Crippen LogP contribution >= 0.6 is 0 Å². The van der Waals surface area contributed by atoms with E-state index in [9.17, 15) is 26.4 Å². The number of rotatable bonds is 4. The first-order chi connectivity index (χ1) is 10.1. The van der Waals surface area contributed by atoms with Crippen molar-refractivity contribution < 1.29 is 26.4 Å². The smallest absolute Gasteiger partial charge is 0.332 e. The van der Waals surface area contributed by atoms with Gasteiger partial charge in [-0.2, -0.15) is 17.9 Å². The maximum Gasteiger partial charge on any atom is 0.406 e. The van der Waals surface area contributed by atoms with Gasteiger partial charge in [-0.1, -0.05) is 5.21 Å².